The van der Waals surface area contributed by atoms with Gasteiger partial charge in [-0.1, -0.05) is 0 Å². The van der Waals surface area contributed by atoms with Gasteiger partial charge in [-0.25, -0.2) is 4.79 Å². The lowest BCUT2D eigenvalue weighted by Crippen LogP contribution is -2.29. The number of rotatable bonds is 4. The molecule has 2 aromatic rings. The van der Waals surface area contributed by atoms with E-state index in [4.69, 9.17) is 5.73 Å². The van der Waals surface area contributed by atoms with Gasteiger partial charge in [0.25, 0.3) is 5.91 Å². The highest BCUT2D eigenvalue weighted by molar-refractivity contribution is 7.17. The van der Waals surface area contributed by atoms with Gasteiger partial charge in [0.2, 0.25) is 0 Å². The van der Waals surface area contributed by atoms with Crippen LogP contribution < -0.4 is 16.4 Å². The minimum Gasteiger partial charge on any atom is -0.365 e. The van der Waals surface area contributed by atoms with E-state index in [0.717, 1.165) is 41.7 Å². The van der Waals surface area contributed by atoms with Crippen molar-refractivity contribution in [1.82, 2.24) is 10.3 Å². The van der Waals surface area contributed by atoms with Gasteiger partial charge in [0, 0.05) is 23.8 Å². The van der Waals surface area contributed by atoms with Gasteiger partial charge < -0.3 is 11.1 Å². The Morgan fingerprint density at radius 2 is 1.96 bits per heavy atom. The van der Waals surface area contributed by atoms with Gasteiger partial charge in [-0.3, -0.25) is 15.1 Å². The molecule has 3 rings (SSSR count). The Morgan fingerprint density at radius 1 is 1.22 bits per heavy atom. The quantitative estimate of drug-likeness (QED) is 0.803. The fourth-order valence-electron chi connectivity index (χ4n) is 2.74. The Kier molecular flexibility index (Phi) is 4.57. The van der Waals surface area contributed by atoms with Crippen molar-refractivity contribution in [3.8, 4) is 0 Å². The summed E-state index contributed by atoms with van der Waals surface area (Å²) in [6.07, 6.45) is 7.31. The van der Waals surface area contributed by atoms with E-state index < -0.39 is 5.91 Å². The fourth-order valence-corrected chi connectivity index (χ4v) is 4.03. The Hall–Kier alpha value is -2.41. The van der Waals surface area contributed by atoms with Crippen LogP contribution in [0.25, 0.3) is 0 Å². The lowest BCUT2D eigenvalue weighted by atomic mass is 9.95. The summed E-state index contributed by atoms with van der Waals surface area (Å²) in [7, 11) is 0. The number of amides is 3. The molecule has 0 radical (unpaired) electrons. The molecule has 120 valence electrons. The van der Waals surface area contributed by atoms with Crippen LogP contribution in [0, 0.1) is 0 Å². The van der Waals surface area contributed by atoms with Crippen molar-refractivity contribution in [1.29, 1.82) is 0 Å². The second-order valence-corrected chi connectivity index (χ2v) is 6.55. The number of anilines is 1. The predicted octanol–water partition coefficient (Wildman–Crippen LogP) is 2.44. The highest BCUT2D eigenvalue weighted by atomic mass is 32.1. The highest BCUT2D eigenvalue weighted by Crippen LogP contribution is 2.37. The van der Waals surface area contributed by atoms with Crippen molar-refractivity contribution in [3.05, 3.63) is 46.1 Å². The van der Waals surface area contributed by atoms with Crippen molar-refractivity contribution < 1.29 is 9.59 Å². The highest BCUT2D eigenvalue weighted by Gasteiger charge is 2.24. The van der Waals surface area contributed by atoms with E-state index in [1.165, 1.54) is 11.3 Å². The molecule has 0 aliphatic heterocycles. The summed E-state index contributed by atoms with van der Waals surface area (Å²) in [4.78, 5) is 28.9. The number of nitrogens with zero attached hydrogens (tertiary/aromatic N) is 1. The third-order valence-electron chi connectivity index (χ3n) is 3.85. The number of aromatic nitrogens is 1. The molecule has 1 aliphatic rings. The standard InChI is InChI=1S/C16H18N4O2S/c17-14(21)13-11-3-1-2-4-12(11)23-15(13)20-16(22)19-9-10-5-7-18-8-6-10/h5-8H,1-4,9H2,(H2,17,21)(H2,19,20,22). The van der Waals surface area contributed by atoms with Crippen molar-refractivity contribution in [3.63, 3.8) is 0 Å². The molecule has 0 fully saturated rings. The molecule has 0 unspecified atom stereocenters. The smallest absolute Gasteiger partial charge is 0.320 e. The van der Waals surface area contributed by atoms with Crippen molar-refractivity contribution in [2.75, 3.05) is 5.32 Å². The van der Waals surface area contributed by atoms with Crippen molar-refractivity contribution in [2.45, 2.75) is 32.2 Å². The number of carbonyl (C=O) groups is 2. The van der Waals surface area contributed by atoms with E-state index in [1.54, 1.807) is 12.4 Å². The SMILES string of the molecule is NC(=O)c1c(NC(=O)NCc2ccncc2)sc2c1CCCC2. The number of pyridine rings is 1. The zero-order valence-electron chi connectivity index (χ0n) is 12.6. The molecule has 0 aromatic carbocycles. The summed E-state index contributed by atoms with van der Waals surface area (Å²) in [5.74, 6) is -0.478. The summed E-state index contributed by atoms with van der Waals surface area (Å²) in [6, 6.07) is 3.32. The molecule has 3 amide bonds. The molecule has 0 saturated carbocycles. The van der Waals surface area contributed by atoms with Crippen LogP contribution in [-0.2, 0) is 19.4 Å². The average Bonchev–Trinajstić information content (AvgIpc) is 2.91. The number of thiophene rings is 1. The number of hydrogen-bond acceptors (Lipinski definition) is 4. The van der Waals surface area contributed by atoms with Crippen LogP contribution >= 0.6 is 11.3 Å². The van der Waals surface area contributed by atoms with Crippen molar-refractivity contribution in [2.24, 2.45) is 5.73 Å². The summed E-state index contributed by atoms with van der Waals surface area (Å²) < 4.78 is 0. The Bertz CT molecular complexity index is 727. The minimum absolute atomic E-state index is 0.345. The van der Waals surface area contributed by atoms with Gasteiger partial charge in [-0.15, -0.1) is 11.3 Å². The van der Waals surface area contributed by atoms with E-state index in [-0.39, 0.29) is 6.03 Å². The third kappa shape index (κ3) is 3.50. The third-order valence-corrected chi connectivity index (χ3v) is 5.05. The first-order valence-corrected chi connectivity index (χ1v) is 8.35. The normalized spacial score (nSPS) is 13.2. The second-order valence-electron chi connectivity index (χ2n) is 5.44. The maximum absolute atomic E-state index is 12.1. The van der Waals surface area contributed by atoms with Crippen LogP contribution in [0.15, 0.2) is 24.5 Å². The van der Waals surface area contributed by atoms with Crippen LogP contribution in [0.5, 0.6) is 0 Å². The van der Waals surface area contributed by atoms with Gasteiger partial charge in [-0.05, 0) is 48.9 Å². The molecule has 0 atom stereocenters. The zero-order valence-corrected chi connectivity index (χ0v) is 13.4. The fraction of sp³-hybridized carbons (Fsp3) is 0.312. The number of fused-ring (bicyclic) bond motifs is 1. The lowest BCUT2D eigenvalue weighted by Gasteiger charge is -2.11. The van der Waals surface area contributed by atoms with Gasteiger partial charge in [-0.2, -0.15) is 0 Å². The Morgan fingerprint density at radius 3 is 2.70 bits per heavy atom. The lowest BCUT2D eigenvalue weighted by molar-refractivity contribution is 0.100. The van der Waals surface area contributed by atoms with E-state index in [2.05, 4.69) is 15.6 Å². The molecule has 23 heavy (non-hydrogen) atoms. The zero-order chi connectivity index (χ0) is 16.2. The molecule has 0 spiro atoms. The van der Waals surface area contributed by atoms with Crippen molar-refractivity contribution >= 4 is 28.3 Å². The number of urea groups is 1. The van der Waals surface area contributed by atoms with E-state index in [1.807, 2.05) is 12.1 Å². The maximum Gasteiger partial charge on any atom is 0.320 e. The molecule has 0 saturated heterocycles. The molecule has 6 nitrogen and oxygen atoms in total. The first-order chi connectivity index (χ1) is 11.1. The van der Waals surface area contributed by atoms with Gasteiger partial charge in [0.15, 0.2) is 0 Å². The maximum atomic E-state index is 12.1. The number of hydrogen-bond donors (Lipinski definition) is 3. The molecule has 4 N–H and O–H groups in total. The van der Waals surface area contributed by atoms with Crippen LogP contribution in [-0.4, -0.2) is 16.9 Å². The predicted molar refractivity (Wildman–Crippen MR) is 89.6 cm³/mol. The van der Waals surface area contributed by atoms with Gasteiger partial charge in [0.1, 0.15) is 5.00 Å². The number of aryl methyl sites for hydroxylation is 1. The number of carbonyl (C=O) groups excluding carboxylic acids is 2. The Labute approximate surface area is 138 Å². The summed E-state index contributed by atoms with van der Waals surface area (Å²) in [5.41, 5.74) is 7.96. The molecular weight excluding hydrogens is 312 g/mol. The van der Waals surface area contributed by atoms with E-state index >= 15 is 0 Å². The molecule has 0 bridgehead atoms. The number of primary amides is 1. The van der Waals surface area contributed by atoms with Gasteiger partial charge >= 0.3 is 6.03 Å². The molecule has 1 aliphatic carbocycles. The summed E-state index contributed by atoms with van der Waals surface area (Å²) >= 11 is 1.46. The van der Waals surface area contributed by atoms with Crippen LogP contribution in [0.2, 0.25) is 0 Å². The minimum atomic E-state index is -0.478. The number of nitrogens with two attached hydrogens (primary N) is 1. The summed E-state index contributed by atoms with van der Waals surface area (Å²) in [5, 5.41) is 6.09. The second kappa shape index (κ2) is 6.78. The molecular formula is C16H18N4O2S. The summed E-state index contributed by atoms with van der Waals surface area (Å²) in [6.45, 7) is 0.394. The largest absolute Gasteiger partial charge is 0.365 e. The van der Waals surface area contributed by atoms with E-state index in [9.17, 15) is 9.59 Å². The average molecular weight is 330 g/mol. The Balaban J connectivity index is 1.71. The van der Waals surface area contributed by atoms with Crippen LogP contribution in [0.1, 0.15) is 39.2 Å². The van der Waals surface area contributed by atoms with Crippen LogP contribution in [0.3, 0.4) is 0 Å². The monoisotopic (exact) mass is 330 g/mol. The van der Waals surface area contributed by atoms with Crippen LogP contribution in [0.4, 0.5) is 9.80 Å². The first kappa shape index (κ1) is 15.5. The topological polar surface area (TPSA) is 97.1 Å². The molecule has 2 aromatic heterocycles. The molecule has 7 heteroatoms. The molecule has 2 heterocycles. The van der Waals surface area contributed by atoms with E-state index in [0.29, 0.717) is 17.1 Å². The number of nitrogens with one attached hydrogen (secondary N) is 2. The first-order valence-electron chi connectivity index (χ1n) is 7.53. The van der Waals surface area contributed by atoms with Gasteiger partial charge in [0.05, 0.1) is 5.56 Å².